The number of aliphatic hydroxyl groups is 1. The number of halogens is 1. The number of nitrogens with one attached hydrogen (secondary N) is 1. The van der Waals surface area contributed by atoms with E-state index in [1.165, 1.54) is 24.3 Å². The Bertz CT molecular complexity index is 471. The van der Waals surface area contributed by atoms with Gasteiger partial charge in [-0.15, -0.1) is 0 Å². The van der Waals surface area contributed by atoms with E-state index in [4.69, 9.17) is 5.11 Å². The molecule has 1 rings (SSSR count). The minimum absolute atomic E-state index is 0.197. The van der Waals surface area contributed by atoms with E-state index in [1.807, 2.05) is 0 Å². The van der Waals surface area contributed by atoms with Crippen LogP contribution in [0.25, 0.3) is 0 Å². The lowest BCUT2D eigenvalue weighted by atomic mass is 10.2. The molecule has 0 heterocycles. The van der Waals surface area contributed by atoms with Gasteiger partial charge in [0, 0.05) is 6.04 Å². The van der Waals surface area contributed by atoms with Gasteiger partial charge in [0.15, 0.2) is 0 Å². The first-order chi connectivity index (χ1) is 8.28. The fraction of sp³-hybridized carbons (Fsp3) is 0.500. The smallest absolute Gasteiger partial charge is 0.216 e. The average molecular weight is 275 g/mol. The van der Waals surface area contributed by atoms with Gasteiger partial charge < -0.3 is 5.11 Å². The monoisotopic (exact) mass is 275 g/mol. The maximum atomic E-state index is 12.7. The summed E-state index contributed by atoms with van der Waals surface area (Å²) < 4.78 is 38.7. The normalized spacial score (nSPS) is 15.3. The minimum atomic E-state index is -3.48. The van der Waals surface area contributed by atoms with Crippen molar-refractivity contribution in [3.05, 3.63) is 35.6 Å². The van der Waals surface area contributed by atoms with Gasteiger partial charge in [0.1, 0.15) is 5.82 Å². The molecule has 0 fully saturated rings. The molecule has 0 aromatic heterocycles. The van der Waals surface area contributed by atoms with E-state index < -0.39 is 21.9 Å². The van der Waals surface area contributed by atoms with Crippen LogP contribution in [0.5, 0.6) is 0 Å². The standard InChI is InChI=1S/C12H18FNO3S/c1-9(7-10(2)15)14-18(16,17)8-11-3-5-12(13)6-4-11/h3-6,9-10,14-15H,7-8H2,1-2H3. The van der Waals surface area contributed by atoms with Gasteiger partial charge in [0.2, 0.25) is 10.0 Å². The van der Waals surface area contributed by atoms with Crippen molar-refractivity contribution >= 4 is 10.0 Å². The summed E-state index contributed by atoms with van der Waals surface area (Å²) in [6.07, 6.45) is -0.212. The summed E-state index contributed by atoms with van der Waals surface area (Å²) in [6.45, 7) is 3.29. The van der Waals surface area contributed by atoms with Crippen LogP contribution in [0, 0.1) is 5.82 Å². The maximum absolute atomic E-state index is 12.7. The van der Waals surface area contributed by atoms with Crippen molar-refractivity contribution in [3.63, 3.8) is 0 Å². The van der Waals surface area contributed by atoms with Crippen molar-refractivity contribution in [1.82, 2.24) is 4.72 Å². The van der Waals surface area contributed by atoms with E-state index in [1.54, 1.807) is 13.8 Å². The van der Waals surface area contributed by atoms with Crippen molar-refractivity contribution in [2.24, 2.45) is 0 Å². The predicted octanol–water partition coefficient (Wildman–Crippen LogP) is 1.40. The number of benzene rings is 1. The lowest BCUT2D eigenvalue weighted by Crippen LogP contribution is -2.35. The second-order valence-electron chi connectivity index (χ2n) is 4.49. The fourth-order valence-electron chi connectivity index (χ4n) is 1.71. The molecule has 0 saturated carbocycles. The van der Waals surface area contributed by atoms with E-state index in [2.05, 4.69) is 4.72 Å². The quantitative estimate of drug-likeness (QED) is 0.825. The van der Waals surface area contributed by atoms with Crippen LogP contribution in [0.2, 0.25) is 0 Å². The second-order valence-corrected chi connectivity index (χ2v) is 6.24. The number of sulfonamides is 1. The SMILES string of the molecule is CC(O)CC(C)NS(=O)(=O)Cc1ccc(F)cc1. The Morgan fingerprint density at radius 2 is 1.83 bits per heavy atom. The number of hydrogen-bond donors (Lipinski definition) is 2. The maximum Gasteiger partial charge on any atom is 0.216 e. The van der Waals surface area contributed by atoms with E-state index in [-0.39, 0.29) is 11.8 Å². The molecule has 2 atom stereocenters. The summed E-state index contributed by atoms with van der Waals surface area (Å²) in [5.74, 6) is -0.594. The molecule has 4 nitrogen and oxygen atoms in total. The Morgan fingerprint density at radius 1 is 1.28 bits per heavy atom. The third-order valence-corrected chi connectivity index (χ3v) is 3.82. The zero-order valence-corrected chi connectivity index (χ0v) is 11.2. The lowest BCUT2D eigenvalue weighted by Gasteiger charge is -2.15. The van der Waals surface area contributed by atoms with E-state index in [0.29, 0.717) is 12.0 Å². The van der Waals surface area contributed by atoms with Gasteiger partial charge in [0.05, 0.1) is 11.9 Å². The summed E-state index contributed by atoms with van der Waals surface area (Å²) in [6, 6.07) is 4.99. The van der Waals surface area contributed by atoms with Crippen LogP contribution in [-0.2, 0) is 15.8 Å². The first-order valence-corrected chi connectivity index (χ1v) is 7.36. The van der Waals surface area contributed by atoms with Gasteiger partial charge >= 0.3 is 0 Å². The van der Waals surface area contributed by atoms with Crippen LogP contribution < -0.4 is 4.72 Å². The number of aliphatic hydroxyl groups excluding tert-OH is 1. The van der Waals surface area contributed by atoms with Gasteiger partial charge in [-0.2, -0.15) is 0 Å². The predicted molar refractivity (Wildman–Crippen MR) is 67.9 cm³/mol. The van der Waals surface area contributed by atoms with Crippen molar-refractivity contribution in [3.8, 4) is 0 Å². The Hall–Kier alpha value is -0.980. The molecule has 0 aliphatic rings. The molecule has 1 aromatic carbocycles. The van der Waals surface area contributed by atoms with E-state index >= 15 is 0 Å². The summed E-state index contributed by atoms with van der Waals surface area (Å²) in [7, 11) is -3.48. The van der Waals surface area contributed by atoms with E-state index in [0.717, 1.165) is 0 Å². The largest absolute Gasteiger partial charge is 0.393 e. The lowest BCUT2D eigenvalue weighted by molar-refractivity contribution is 0.175. The molecular weight excluding hydrogens is 257 g/mol. The molecule has 0 amide bonds. The molecule has 2 N–H and O–H groups in total. The molecule has 1 aromatic rings. The van der Waals surface area contributed by atoms with Crippen molar-refractivity contribution in [2.45, 2.75) is 38.2 Å². The topological polar surface area (TPSA) is 66.4 Å². The van der Waals surface area contributed by atoms with Crippen LogP contribution >= 0.6 is 0 Å². The second kappa shape index (κ2) is 6.26. The van der Waals surface area contributed by atoms with Crippen LogP contribution in [0.4, 0.5) is 4.39 Å². The summed E-state index contributed by atoms with van der Waals surface area (Å²) in [5, 5.41) is 9.16. The molecular formula is C12H18FNO3S. The summed E-state index contributed by atoms with van der Waals surface area (Å²) in [4.78, 5) is 0. The number of rotatable bonds is 6. The summed E-state index contributed by atoms with van der Waals surface area (Å²) in [5.41, 5.74) is 0.521. The van der Waals surface area contributed by atoms with Crippen molar-refractivity contribution in [2.75, 3.05) is 0 Å². The molecule has 18 heavy (non-hydrogen) atoms. The minimum Gasteiger partial charge on any atom is -0.393 e. The highest BCUT2D eigenvalue weighted by atomic mass is 32.2. The highest BCUT2D eigenvalue weighted by Crippen LogP contribution is 2.08. The molecule has 0 spiro atoms. The number of hydrogen-bond acceptors (Lipinski definition) is 3. The third-order valence-electron chi connectivity index (χ3n) is 2.35. The average Bonchev–Trinajstić information content (AvgIpc) is 2.18. The molecule has 0 radical (unpaired) electrons. The molecule has 2 unspecified atom stereocenters. The van der Waals surface area contributed by atoms with Crippen molar-refractivity contribution < 1.29 is 17.9 Å². The van der Waals surface area contributed by atoms with Crippen LogP contribution in [0.15, 0.2) is 24.3 Å². The zero-order chi connectivity index (χ0) is 13.8. The Kier molecular flexibility index (Phi) is 5.25. The first kappa shape index (κ1) is 15.1. The van der Waals surface area contributed by atoms with Gasteiger partial charge in [-0.3, -0.25) is 0 Å². The van der Waals surface area contributed by atoms with Crippen molar-refractivity contribution in [1.29, 1.82) is 0 Å². The molecule has 0 aliphatic carbocycles. The van der Waals surface area contributed by atoms with E-state index in [9.17, 15) is 12.8 Å². The molecule has 6 heteroatoms. The fourth-order valence-corrected chi connectivity index (χ4v) is 3.13. The van der Waals surface area contributed by atoms with Gasteiger partial charge in [-0.05, 0) is 38.0 Å². The highest BCUT2D eigenvalue weighted by molar-refractivity contribution is 7.88. The molecule has 0 aliphatic heterocycles. The van der Waals surface area contributed by atoms with Crippen LogP contribution in [0.1, 0.15) is 25.8 Å². The Labute approximate surface area is 107 Å². The molecule has 0 saturated heterocycles. The molecule has 0 bridgehead atoms. The third kappa shape index (κ3) is 5.57. The highest BCUT2D eigenvalue weighted by Gasteiger charge is 2.16. The van der Waals surface area contributed by atoms with Gasteiger partial charge in [-0.25, -0.2) is 17.5 Å². The van der Waals surface area contributed by atoms with Crippen LogP contribution in [-0.4, -0.2) is 25.7 Å². The summed E-state index contributed by atoms with van der Waals surface area (Å²) >= 11 is 0. The van der Waals surface area contributed by atoms with Gasteiger partial charge in [-0.1, -0.05) is 12.1 Å². The van der Waals surface area contributed by atoms with Crippen LogP contribution in [0.3, 0.4) is 0 Å². The first-order valence-electron chi connectivity index (χ1n) is 5.71. The Morgan fingerprint density at radius 3 is 2.33 bits per heavy atom. The Balaban J connectivity index is 2.62. The zero-order valence-electron chi connectivity index (χ0n) is 10.4. The molecule has 102 valence electrons. The van der Waals surface area contributed by atoms with Gasteiger partial charge in [0.25, 0.3) is 0 Å².